The molecule has 5 heteroatoms. The third-order valence-electron chi connectivity index (χ3n) is 4.94. The van der Waals surface area contributed by atoms with Crippen molar-refractivity contribution in [3.8, 4) is 11.1 Å². The minimum atomic E-state index is -0.0694. The van der Waals surface area contributed by atoms with E-state index in [1.165, 1.54) is 28.0 Å². The highest BCUT2D eigenvalue weighted by Crippen LogP contribution is 2.30. The van der Waals surface area contributed by atoms with Gasteiger partial charge >= 0.3 is 0 Å². The van der Waals surface area contributed by atoms with E-state index < -0.39 is 0 Å². The Kier molecular flexibility index (Phi) is 5.11. The van der Waals surface area contributed by atoms with Gasteiger partial charge in [-0.1, -0.05) is 54.1 Å². The van der Waals surface area contributed by atoms with Gasteiger partial charge in [0.25, 0.3) is 5.56 Å². The molecule has 0 fully saturated rings. The fraction of sp³-hybridized carbons (Fsp3) is 0.217. The van der Waals surface area contributed by atoms with Crippen molar-refractivity contribution in [1.82, 2.24) is 14.9 Å². The monoisotopic (exact) mass is 389 g/mol. The molecular formula is C23H23N3OS. The number of benzene rings is 2. The van der Waals surface area contributed by atoms with Crippen molar-refractivity contribution in [1.29, 1.82) is 0 Å². The van der Waals surface area contributed by atoms with Crippen LogP contribution >= 0.6 is 11.3 Å². The van der Waals surface area contributed by atoms with E-state index in [0.717, 1.165) is 22.5 Å². The predicted octanol–water partition coefficient (Wildman–Crippen LogP) is 4.90. The smallest absolute Gasteiger partial charge is 0.260 e. The molecule has 0 spiro atoms. The molecule has 0 saturated carbocycles. The van der Waals surface area contributed by atoms with Crippen molar-refractivity contribution in [3.05, 3.63) is 86.8 Å². The molecule has 0 unspecified atom stereocenters. The Morgan fingerprint density at radius 3 is 2.61 bits per heavy atom. The van der Waals surface area contributed by atoms with Gasteiger partial charge in [-0.2, -0.15) is 0 Å². The number of nitrogens with one attached hydrogen (secondary N) is 1. The average Bonchev–Trinajstić information content (AvgIpc) is 3.09. The van der Waals surface area contributed by atoms with Crippen LogP contribution in [0, 0.1) is 13.8 Å². The Bertz CT molecular complexity index is 1180. The van der Waals surface area contributed by atoms with E-state index in [1.807, 2.05) is 42.8 Å². The van der Waals surface area contributed by atoms with E-state index in [9.17, 15) is 4.79 Å². The fourth-order valence-corrected chi connectivity index (χ4v) is 4.49. The van der Waals surface area contributed by atoms with Crippen LogP contribution in [0.25, 0.3) is 21.3 Å². The molecule has 4 rings (SSSR count). The molecular weight excluding hydrogens is 366 g/mol. The Labute approximate surface area is 168 Å². The van der Waals surface area contributed by atoms with Crippen molar-refractivity contribution >= 4 is 21.6 Å². The molecule has 28 heavy (non-hydrogen) atoms. The molecule has 1 N–H and O–H groups in total. The molecule has 0 aliphatic rings. The van der Waals surface area contributed by atoms with Crippen LogP contribution < -0.4 is 5.56 Å². The van der Waals surface area contributed by atoms with Crippen LogP contribution in [0.4, 0.5) is 0 Å². The van der Waals surface area contributed by atoms with Crippen molar-refractivity contribution in [3.63, 3.8) is 0 Å². The summed E-state index contributed by atoms with van der Waals surface area (Å²) in [5, 5.41) is 2.70. The molecule has 0 radical (unpaired) electrons. The van der Waals surface area contributed by atoms with Crippen LogP contribution in [-0.4, -0.2) is 21.9 Å². The van der Waals surface area contributed by atoms with E-state index in [-0.39, 0.29) is 5.56 Å². The fourth-order valence-electron chi connectivity index (χ4n) is 3.52. The summed E-state index contributed by atoms with van der Waals surface area (Å²) in [6.07, 6.45) is 0. The molecule has 0 saturated heterocycles. The molecule has 142 valence electrons. The van der Waals surface area contributed by atoms with Gasteiger partial charge in [0.05, 0.1) is 11.9 Å². The topological polar surface area (TPSA) is 49.0 Å². The van der Waals surface area contributed by atoms with E-state index in [1.54, 1.807) is 0 Å². The maximum atomic E-state index is 12.8. The van der Waals surface area contributed by atoms with Crippen molar-refractivity contribution in [2.75, 3.05) is 7.05 Å². The highest BCUT2D eigenvalue weighted by atomic mass is 32.1. The van der Waals surface area contributed by atoms with Crippen molar-refractivity contribution < 1.29 is 0 Å². The molecule has 4 aromatic rings. The normalized spacial score (nSPS) is 11.4. The quantitative estimate of drug-likeness (QED) is 0.528. The van der Waals surface area contributed by atoms with Gasteiger partial charge in [-0.25, -0.2) is 4.98 Å². The van der Waals surface area contributed by atoms with E-state index in [0.29, 0.717) is 17.8 Å². The Hall–Kier alpha value is -2.76. The summed E-state index contributed by atoms with van der Waals surface area (Å²) in [7, 11) is 2.05. The lowest BCUT2D eigenvalue weighted by Crippen LogP contribution is -2.22. The zero-order chi connectivity index (χ0) is 19.7. The number of aryl methyl sites for hydroxylation is 2. The summed E-state index contributed by atoms with van der Waals surface area (Å²) >= 11 is 1.52. The molecule has 2 heterocycles. The summed E-state index contributed by atoms with van der Waals surface area (Å²) in [5.74, 6) is 0.700. The largest absolute Gasteiger partial charge is 0.309 e. The Morgan fingerprint density at radius 1 is 1.07 bits per heavy atom. The number of H-pyrrole nitrogens is 1. The Balaban J connectivity index is 1.59. The predicted molar refractivity (Wildman–Crippen MR) is 117 cm³/mol. The standard InChI is InChI=1S/C23H23N3OS/c1-15-9-10-18(16(2)11-15)12-26(3)13-20-24-22(27)21-19(14-28-23(21)25-20)17-7-5-4-6-8-17/h4-11,14H,12-13H2,1-3H3,(H,24,25,27). The number of aromatic amines is 1. The van der Waals surface area contributed by atoms with Crippen LogP contribution in [0.2, 0.25) is 0 Å². The number of hydrogen-bond acceptors (Lipinski definition) is 4. The van der Waals surface area contributed by atoms with Gasteiger partial charge < -0.3 is 4.98 Å². The highest BCUT2D eigenvalue weighted by Gasteiger charge is 2.14. The number of rotatable bonds is 5. The van der Waals surface area contributed by atoms with Crippen LogP contribution in [0.3, 0.4) is 0 Å². The molecule has 2 aromatic heterocycles. The maximum absolute atomic E-state index is 12.8. The number of hydrogen-bond donors (Lipinski definition) is 1. The summed E-state index contributed by atoms with van der Waals surface area (Å²) in [4.78, 5) is 23.4. The zero-order valence-corrected chi connectivity index (χ0v) is 17.1. The molecule has 0 aliphatic heterocycles. The third-order valence-corrected chi connectivity index (χ3v) is 5.81. The second-order valence-corrected chi connectivity index (χ2v) is 8.17. The maximum Gasteiger partial charge on any atom is 0.260 e. The number of aromatic nitrogens is 2. The van der Waals surface area contributed by atoms with E-state index in [2.05, 4.69) is 41.9 Å². The molecule has 0 atom stereocenters. The van der Waals surface area contributed by atoms with Crippen LogP contribution in [-0.2, 0) is 13.1 Å². The van der Waals surface area contributed by atoms with Crippen molar-refractivity contribution in [2.24, 2.45) is 0 Å². The second kappa shape index (κ2) is 7.70. The van der Waals surface area contributed by atoms with E-state index >= 15 is 0 Å². The third kappa shape index (κ3) is 3.77. The van der Waals surface area contributed by atoms with Gasteiger partial charge in [0.1, 0.15) is 10.7 Å². The number of fused-ring (bicyclic) bond motifs is 1. The van der Waals surface area contributed by atoms with Crippen molar-refractivity contribution in [2.45, 2.75) is 26.9 Å². The summed E-state index contributed by atoms with van der Waals surface area (Å²) in [6, 6.07) is 16.5. The van der Waals surface area contributed by atoms with Gasteiger partial charge in [-0.15, -0.1) is 11.3 Å². The lowest BCUT2D eigenvalue weighted by Gasteiger charge is -2.17. The second-order valence-electron chi connectivity index (χ2n) is 7.31. The van der Waals surface area contributed by atoms with Crippen LogP contribution in [0.15, 0.2) is 58.7 Å². The van der Waals surface area contributed by atoms with Crippen LogP contribution in [0.5, 0.6) is 0 Å². The molecule has 0 bridgehead atoms. The lowest BCUT2D eigenvalue weighted by atomic mass is 10.1. The van der Waals surface area contributed by atoms with Gasteiger partial charge in [-0.3, -0.25) is 9.69 Å². The first-order chi connectivity index (χ1) is 13.5. The first kappa shape index (κ1) is 18.6. The lowest BCUT2D eigenvalue weighted by molar-refractivity contribution is 0.310. The highest BCUT2D eigenvalue weighted by molar-refractivity contribution is 7.17. The summed E-state index contributed by atoms with van der Waals surface area (Å²) in [5.41, 5.74) is 5.77. The minimum absolute atomic E-state index is 0.0694. The first-order valence-electron chi connectivity index (χ1n) is 9.32. The number of thiophene rings is 1. The van der Waals surface area contributed by atoms with Gasteiger partial charge in [-0.05, 0) is 37.6 Å². The number of nitrogens with zero attached hydrogens (tertiary/aromatic N) is 2. The van der Waals surface area contributed by atoms with Gasteiger partial charge in [0, 0.05) is 17.5 Å². The first-order valence-corrected chi connectivity index (χ1v) is 10.2. The average molecular weight is 390 g/mol. The summed E-state index contributed by atoms with van der Waals surface area (Å²) in [6.45, 7) is 5.65. The van der Waals surface area contributed by atoms with E-state index in [4.69, 9.17) is 4.98 Å². The summed E-state index contributed by atoms with van der Waals surface area (Å²) < 4.78 is 0. The minimum Gasteiger partial charge on any atom is -0.309 e. The van der Waals surface area contributed by atoms with Gasteiger partial charge in [0.15, 0.2) is 0 Å². The molecule has 0 aliphatic carbocycles. The van der Waals surface area contributed by atoms with Crippen LogP contribution in [0.1, 0.15) is 22.5 Å². The molecule has 2 aromatic carbocycles. The molecule has 4 nitrogen and oxygen atoms in total. The zero-order valence-electron chi connectivity index (χ0n) is 16.3. The molecule has 0 amide bonds. The SMILES string of the molecule is Cc1ccc(CN(C)Cc2nc3scc(-c4ccccc4)c3c(=O)[nH]2)c(C)c1. The Morgan fingerprint density at radius 2 is 1.86 bits per heavy atom. The van der Waals surface area contributed by atoms with Gasteiger partial charge in [0.2, 0.25) is 0 Å².